The van der Waals surface area contributed by atoms with Crippen molar-refractivity contribution < 1.29 is 4.79 Å². The van der Waals surface area contributed by atoms with E-state index in [9.17, 15) is 4.79 Å². The third-order valence-electron chi connectivity index (χ3n) is 2.74. The zero-order chi connectivity index (χ0) is 12.7. The molecule has 0 bridgehead atoms. The van der Waals surface area contributed by atoms with Crippen LogP contribution in [0, 0.1) is 13.8 Å². The molecular formula is C14H20BrNO. The third-order valence-corrected chi connectivity index (χ3v) is 3.30. The molecule has 0 saturated heterocycles. The van der Waals surface area contributed by atoms with Crippen LogP contribution in [0.5, 0.6) is 0 Å². The van der Waals surface area contributed by atoms with Crippen LogP contribution in [0.2, 0.25) is 0 Å². The summed E-state index contributed by atoms with van der Waals surface area (Å²) in [5, 5.41) is 3.95. The summed E-state index contributed by atoms with van der Waals surface area (Å²) in [6, 6.07) is 6.24. The molecule has 0 saturated carbocycles. The monoisotopic (exact) mass is 297 g/mol. The maximum absolute atomic E-state index is 11.7. The lowest BCUT2D eigenvalue weighted by Crippen LogP contribution is -2.26. The van der Waals surface area contributed by atoms with Crippen molar-refractivity contribution in [2.24, 2.45) is 0 Å². The van der Waals surface area contributed by atoms with Crippen molar-refractivity contribution in [3.63, 3.8) is 0 Å². The van der Waals surface area contributed by atoms with Gasteiger partial charge in [0.25, 0.3) is 0 Å². The number of nitrogens with one attached hydrogen (secondary N) is 1. The van der Waals surface area contributed by atoms with Gasteiger partial charge >= 0.3 is 0 Å². The van der Waals surface area contributed by atoms with E-state index in [2.05, 4.69) is 46.4 Å². The van der Waals surface area contributed by atoms with Gasteiger partial charge in [-0.05, 0) is 37.8 Å². The Balaban J connectivity index is 2.42. The van der Waals surface area contributed by atoms with E-state index in [0.29, 0.717) is 6.42 Å². The van der Waals surface area contributed by atoms with Gasteiger partial charge in [0, 0.05) is 11.9 Å². The summed E-state index contributed by atoms with van der Waals surface area (Å²) in [5.74, 6) is 0.119. The zero-order valence-corrected chi connectivity index (χ0v) is 12.1. The fourth-order valence-electron chi connectivity index (χ4n) is 1.67. The van der Waals surface area contributed by atoms with Crippen molar-refractivity contribution in [1.29, 1.82) is 0 Å². The molecule has 1 rings (SSSR count). The van der Waals surface area contributed by atoms with Crippen molar-refractivity contribution in [3.05, 3.63) is 34.9 Å². The summed E-state index contributed by atoms with van der Waals surface area (Å²) in [7, 11) is 0. The SMILES string of the molecule is Cc1ccc(C)c(CC(=O)NCCCCBr)c1. The molecular weight excluding hydrogens is 278 g/mol. The second-order valence-electron chi connectivity index (χ2n) is 4.35. The second kappa shape index (κ2) is 7.49. The lowest BCUT2D eigenvalue weighted by molar-refractivity contribution is -0.120. The van der Waals surface area contributed by atoms with E-state index in [1.54, 1.807) is 0 Å². The number of alkyl halides is 1. The zero-order valence-electron chi connectivity index (χ0n) is 10.6. The predicted molar refractivity (Wildman–Crippen MR) is 75.7 cm³/mol. The Bertz CT molecular complexity index is 376. The Morgan fingerprint density at radius 1 is 1.29 bits per heavy atom. The van der Waals surface area contributed by atoms with E-state index in [1.165, 1.54) is 11.1 Å². The maximum Gasteiger partial charge on any atom is 0.224 e. The van der Waals surface area contributed by atoms with Crippen LogP contribution in [0.1, 0.15) is 29.5 Å². The first-order chi connectivity index (χ1) is 8.13. The Hall–Kier alpha value is -0.830. The average Bonchev–Trinajstić information content (AvgIpc) is 2.29. The van der Waals surface area contributed by atoms with Crippen LogP contribution < -0.4 is 5.32 Å². The van der Waals surface area contributed by atoms with Crippen LogP contribution in [0.15, 0.2) is 18.2 Å². The molecule has 3 heteroatoms. The second-order valence-corrected chi connectivity index (χ2v) is 5.15. The first kappa shape index (κ1) is 14.2. The third kappa shape index (κ3) is 5.35. The highest BCUT2D eigenvalue weighted by molar-refractivity contribution is 9.09. The Labute approximate surface area is 112 Å². The largest absolute Gasteiger partial charge is 0.356 e. The topological polar surface area (TPSA) is 29.1 Å². The lowest BCUT2D eigenvalue weighted by Gasteiger charge is -2.08. The highest BCUT2D eigenvalue weighted by atomic mass is 79.9. The summed E-state index contributed by atoms with van der Waals surface area (Å²) >= 11 is 3.38. The van der Waals surface area contributed by atoms with Crippen molar-refractivity contribution in [1.82, 2.24) is 5.32 Å². The van der Waals surface area contributed by atoms with Crippen molar-refractivity contribution in [2.45, 2.75) is 33.1 Å². The van der Waals surface area contributed by atoms with Gasteiger partial charge in [0.2, 0.25) is 5.91 Å². The predicted octanol–water partition coefficient (Wildman–Crippen LogP) is 3.14. The Kier molecular flexibility index (Phi) is 6.27. The van der Waals surface area contributed by atoms with Gasteiger partial charge in [-0.15, -0.1) is 0 Å². The van der Waals surface area contributed by atoms with E-state index in [0.717, 1.165) is 30.3 Å². The number of hydrogen-bond acceptors (Lipinski definition) is 1. The number of benzene rings is 1. The van der Waals surface area contributed by atoms with Gasteiger partial charge in [0.15, 0.2) is 0 Å². The molecule has 0 heterocycles. The number of rotatable bonds is 6. The molecule has 0 atom stereocenters. The Morgan fingerprint density at radius 3 is 2.76 bits per heavy atom. The molecule has 1 N–H and O–H groups in total. The van der Waals surface area contributed by atoms with Crippen molar-refractivity contribution >= 4 is 21.8 Å². The minimum atomic E-state index is 0.119. The molecule has 0 aliphatic rings. The van der Waals surface area contributed by atoms with Crippen LogP contribution in [-0.4, -0.2) is 17.8 Å². The van der Waals surface area contributed by atoms with Gasteiger partial charge in [-0.25, -0.2) is 0 Å². The minimum absolute atomic E-state index is 0.119. The van der Waals surface area contributed by atoms with Gasteiger partial charge in [-0.3, -0.25) is 4.79 Å². The van der Waals surface area contributed by atoms with E-state index in [1.807, 2.05) is 6.92 Å². The highest BCUT2D eigenvalue weighted by Crippen LogP contribution is 2.11. The molecule has 2 nitrogen and oxygen atoms in total. The average molecular weight is 298 g/mol. The molecule has 94 valence electrons. The smallest absolute Gasteiger partial charge is 0.224 e. The fraction of sp³-hybridized carbons (Fsp3) is 0.500. The van der Waals surface area contributed by atoms with E-state index >= 15 is 0 Å². The van der Waals surface area contributed by atoms with Crippen LogP contribution in [-0.2, 0) is 11.2 Å². The van der Waals surface area contributed by atoms with Crippen molar-refractivity contribution in [3.8, 4) is 0 Å². The number of halogens is 1. The quantitative estimate of drug-likeness (QED) is 0.634. The first-order valence-electron chi connectivity index (χ1n) is 6.02. The molecule has 0 unspecified atom stereocenters. The number of aryl methyl sites for hydroxylation is 2. The lowest BCUT2D eigenvalue weighted by atomic mass is 10.0. The summed E-state index contributed by atoms with van der Waals surface area (Å²) < 4.78 is 0. The fourth-order valence-corrected chi connectivity index (χ4v) is 2.07. The van der Waals surface area contributed by atoms with Gasteiger partial charge in [0.05, 0.1) is 6.42 Å². The summed E-state index contributed by atoms with van der Waals surface area (Å²) in [4.78, 5) is 11.7. The van der Waals surface area contributed by atoms with E-state index in [-0.39, 0.29) is 5.91 Å². The molecule has 0 aromatic heterocycles. The number of unbranched alkanes of at least 4 members (excludes halogenated alkanes) is 1. The van der Waals surface area contributed by atoms with Crippen LogP contribution in [0.4, 0.5) is 0 Å². The minimum Gasteiger partial charge on any atom is -0.356 e. The molecule has 0 aliphatic carbocycles. The normalized spacial score (nSPS) is 10.3. The van der Waals surface area contributed by atoms with Gasteiger partial charge in [0.1, 0.15) is 0 Å². The molecule has 1 aromatic carbocycles. The first-order valence-corrected chi connectivity index (χ1v) is 7.14. The Morgan fingerprint density at radius 2 is 2.06 bits per heavy atom. The van der Waals surface area contributed by atoms with Gasteiger partial charge in [-0.2, -0.15) is 0 Å². The number of amides is 1. The van der Waals surface area contributed by atoms with Crippen molar-refractivity contribution in [2.75, 3.05) is 11.9 Å². The molecule has 0 fully saturated rings. The van der Waals surface area contributed by atoms with Crippen LogP contribution >= 0.6 is 15.9 Å². The number of hydrogen-bond donors (Lipinski definition) is 1. The van der Waals surface area contributed by atoms with Crippen LogP contribution in [0.3, 0.4) is 0 Å². The highest BCUT2D eigenvalue weighted by Gasteiger charge is 2.05. The molecule has 0 aliphatic heterocycles. The molecule has 0 spiro atoms. The molecule has 1 amide bonds. The standard InChI is InChI=1S/C14H20BrNO/c1-11-5-6-12(2)13(9-11)10-14(17)16-8-4-3-7-15/h5-6,9H,3-4,7-8,10H2,1-2H3,(H,16,17). The van der Waals surface area contributed by atoms with Gasteiger partial charge < -0.3 is 5.32 Å². The maximum atomic E-state index is 11.7. The summed E-state index contributed by atoms with van der Waals surface area (Å²) in [6.07, 6.45) is 2.62. The summed E-state index contributed by atoms with van der Waals surface area (Å²) in [5.41, 5.74) is 3.52. The molecule has 1 aromatic rings. The molecule has 17 heavy (non-hydrogen) atoms. The number of carbonyl (C=O) groups is 1. The summed E-state index contributed by atoms with van der Waals surface area (Å²) in [6.45, 7) is 4.87. The van der Waals surface area contributed by atoms with Crippen LogP contribution in [0.25, 0.3) is 0 Å². The van der Waals surface area contributed by atoms with Gasteiger partial charge in [-0.1, -0.05) is 39.7 Å². The van der Waals surface area contributed by atoms with E-state index in [4.69, 9.17) is 0 Å². The number of carbonyl (C=O) groups excluding carboxylic acids is 1. The molecule has 0 radical (unpaired) electrons. The van der Waals surface area contributed by atoms with E-state index < -0.39 is 0 Å².